The van der Waals surface area contributed by atoms with E-state index in [9.17, 15) is 20.1 Å². The van der Waals surface area contributed by atoms with Gasteiger partial charge in [-0.3, -0.25) is 9.69 Å². The highest BCUT2D eigenvalue weighted by molar-refractivity contribution is 5.73. The molecule has 0 amide bonds. The summed E-state index contributed by atoms with van der Waals surface area (Å²) in [7, 11) is 0. The van der Waals surface area contributed by atoms with Crippen molar-refractivity contribution in [1.82, 2.24) is 4.90 Å². The molecule has 2 fully saturated rings. The fourth-order valence-electron chi connectivity index (χ4n) is 2.88. The third-order valence-corrected chi connectivity index (χ3v) is 3.87. The zero-order valence-corrected chi connectivity index (χ0v) is 9.73. The minimum atomic E-state index is -1.39. The predicted octanol–water partition coefficient (Wildman–Crippen LogP) is -1.36. The third-order valence-electron chi connectivity index (χ3n) is 3.87. The van der Waals surface area contributed by atoms with E-state index < -0.39 is 30.2 Å². The van der Waals surface area contributed by atoms with Gasteiger partial charge in [-0.15, -0.1) is 0 Å². The Kier molecular flexibility index (Phi) is 3.40. The van der Waals surface area contributed by atoms with Crippen LogP contribution in [0.5, 0.6) is 0 Å². The van der Waals surface area contributed by atoms with Gasteiger partial charge in [0, 0.05) is 6.04 Å². The number of aliphatic carboxylic acids is 1. The van der Waals surface area contributed by atoms with Crippen molar-refractivity contribution in [2.75, 3.05) is 6.54 Å². The number of aliphatic hydroxyl groups is 3. The fourth-order valence-corrected chi connectivity index (χ4v) is 2.88. The minimum Gasteiger partial charge on any atom is -0.481 e. The second kappa shape index (κ2) is 4.53. The maximum absolute atomic E-state index is 11.1. The lowest BCUT2D eigenvalue weighted by atomic mass is 9.83. The van der Waals surface area contributed by atoms with Crippen LogP contribution in [0, 0.1) is 5.92 Å². The summed E-state index contributed by atoms with van der Waals surface area (Å²) >= 11 is 0. The van der Waals surface area contributed by atoms with Crippen LogP contribution in [0.2, 0.25) is 0 Å². The second-order valence-corrected chi connectivity index (χ2v) is 4.91. The van der Waals surface area contributed by atoms with Crippen molar-refractivity contribution in [3.8, 4) is 0 Å². The van der Waals surface area contributed by atoms with Crippen LogP contribution in [0.3, 0.4) is 0 Å². The van der Waals surface area contributed by atoms with Gasteiger partial charge in [0.2, 0.25) is 0 Å². The van der Waals surface area contributed by atoms with E-state index in [4.69, 9.17) is 5.11 Å². The van der Waals surface area contributed by atoms with E-state index in [2.05, 4.69) is 0 Å². The number of aliphatic hydroxyl groups excluding tert-OH is 3. The van der Waals surface area contributed by atoms with Crippen LogP contribution in [0.4, 0.5) is 0 Å². The maximum atomic E-state index is 11.1. The standard InChI is InChI=1S/C11H19NO5/c1-2-3-4-12-6-5(11(16)17)8(13)10(15)9(14)7(6)12/h5-10,13-15H,2-4H2,1H3,(H,16,17). The Bertz CT molecular complexity index is 310. The number of nitrogens with zero attached hydrogens (tertiary/aromatic N) is 1. The van der Waals surface area contributed by atoms with Crippen molar-refractivity contribution >= 4 is 5.97 Å². The molecule has 0 aromatic rings. The third kappa shape index (κ3) is 1.95. The molecular formula is C11H19NO5. The van der Waals surface area contributed by atoms with Gasteiger partial charge in [-0.25, -0.2) is 0 Å². The lowest BCUT2D eigenvalue weighted by molar-refractivity contribution is -0.156. The SMILES string of the molecule is CCCCN1C2C(O)C(O)C(O)C(C(=O)O)C21. The Labute approximate surface area is 99.5 Å². The molecule has 0 bridgehead atoms. The predicted molar refractivity (Wildman–Crippen MR) is 58.3 cm³/mol. The number of rotatable bonds is 4. The van der Waals surface area contributed by atoms with Crippen molar-refractivity contribution < 1.29 is 25.2 Å². The summed E-state index contributed by atoms with van der Waals surface area (Å²) in [6.07, 6.45) is -1.92. The molecule has 0 radical (unpaired) electrons. The summed E-state index contributed by atoms with van der Waals surface area (Å²) in [6.45, 7) is 2.73. The average molecular weight is 245 g/mol. The molecule has 7 atom stereocenters. The first-order valence-corrected chi connectivity index (χ1v) is 6.03. The van der Waals surface area contributed by atoms with E-state index in [1.54, 1.807) is 0 Å². The molecule has 98 valence electrons. The summed E-state index contributed by atoms with van der Waals surface area (Å²) in [4.78, 5) is 13.0. The Hall–Kier alpha value is -0.690. The van der Waals surface area contributed by atoms with Gasteiger partial charge >= 0.3 is 5.97 Å². The van der Waals surface area contributed by atoms with Gasteiger partial charge in [0.25, 0.3) is 0 Å². The zero-order chi connectivity index (χ0) is 12.7. The molecule has 1 saturated carbocycles. The van der Waals surface area contributed by atoms with Crippen LogP contribution in [0.25, 0.3) is 0 Å². The molecule has 1 aliphatic carbocycles. The summed E-state index contributed by atoms with van der Waals surface area (Å²) in [5.41, 5.74) is 0. The molecule has 0 aromatic heterocycles. The highest BCUT2D eigenvalue weighted by atomic mass is 16.4. The van der Waals surface area contributed by atoms with E-state index in [1.807, 2.05) is 11.8 Å². The molecule has 4 N–H and O–H groups in total. The van der Waals surface area contributed by atoms with Gasteiger partial charge in [-0.1, -0.05) is 13.3 Å². The Morgan fingerprint density at radius 2 is 1.76 bits per heavy atom. The molecule has 17 heavy (non-hydrogen) atoms. The van der Waals surface area contributed by atoms with Gasteiger partial charge in [-0.05, 0) is 13.0 Å². The van der Waals surface area contributed by atoms with Gasteiger partial charge < -0.3 is 20.4 Å². The molecular weight excluding hydrogens is 226 g/mol. The smallest absolute Gasteiger partial charge is 0.310 e. The van der Waals surface area contributed by atoms with Crippen molar-refractivity contribution in [3.63, 3.8) is 0 Å². The molecule has 2 aliphatic rings. The number of hydrogen-bond acceptors (Lipinski definition) is 5. The lowest BCUT2D eigenvalue weighted by Crippen LogP contribution is -2.53. The van der Waals surface area contributed by atoms with E-state index in [-0.39, 0.29) is 12.1 Å². The van der Waals surface area contributed by atoms with Crippen LogP contribution < -0.4 is 0 Å². The summed E-state index contributed by atoms with van der Waals surface area (Å²) in [6, 6.07) is -0.659. The highest BCUT2D eigenvalue weighted by Gasteiger charge is 2.65. The quantitative estimate of drug-likeness (QED) is 0.456. The van der Waals surface area contributed by atoms with Gasteiger partial charge in [0.1, 0.15) is 12.0 Å². The Morgan fingerprint density at radius 1 is 1.12 bits per heavy atom. The number of likely N-dealkylation sites (tertiary alicyclic amines) is 1. The van der Waals surface area contributed by atoms with Crippen LogP contribution in [0.1, 0.15) is 19.8 Å². The molecule has 6 heteroatoms. The monoisotopic (exact) mass is 245 g/mol. The molecule has 0 aromatic carbocycles. The molecule has 0 spiro atoms. The first-order chi connectivity index (χ1) is 8.00. The number of hydrogen-bond donors (Lipinski definition) is 4. The first-order valence-electron chi connectivity index (χ1n) is 6.03. The molecule has 2 rings (SSSR count). The molecule has 6 nitrogen and oxygen atoms in total. The van der Waals surface area contributed by atoms with E-state index in [0.29, 0.717) is 6.54 Å². The van der Waals surface area contributed by atoms with Crippen LogP contribution in [0.15, 0.2) is 0 Å². The largest absolute Gasteiger partial charge is 0.481 e. The van der Waals surface area contributed by atoms with Crippen LogP contribution in [-0.4, -0.2) is 68.2 Å². The molecule has 1 saturated heterocycles. The van der Waals surface area contributed by atoms with Crippen molar-refractivity contribution in [3.05, 3.63) is 0 Å². The minimum absolute atomic E-state index is 0.318. The normalized spacial score (nSPS) is 48.6. The highest BCUT2D eigenvalue weighted by Crippen LogP contribution is 2.44. The van der Waals surface area contributed by atoms with Gasteiger partial charge in [0.05, 0.1) is 18.2 Å². The fraction of sp³-hybridized carbons (Fsp3) is 0.909. The first kappa shape index (κ1) is 12.8. The maximum Gasteiger partial charge on any atom is 0.310 e. The van der Waals surface area contributed by atoms with E-state index >= 15 is 0 Å². The Balaban J connectivity index is 2.12. The number of carboxylic acids is 1. The number of carboxylic acid groups (broad SMARTS) is 1. The summed E-state index contributed by atoms with van der Waals surface area (Å²) in [5, 5.41) is 38.2. The lowest BCUT2D eigenvalue weighted by Gasteiger charge is -2.30. The number of unbranched alkanes of at least 4 members (excludes halogenated alkanes) is 1. The Morgan fingerprint density at radius 3 is 2.29 bits per heavy atom. The second-order valence-electron chi connectivity index (χ2n) is 4.91. The average Bonchev–Trinajstić information content (AvgIpc) is 2.97. The van der Waals surface area contributed by atoms with Crippen molar-refractivity contribution in [1.29, 1.82) is 0 Å². The number of carbonyl (C=O) groups is 1. The number of fused-ring (bicyclic) bond motifs is 1. The summed E-state index contributed by atoms with van der Waals surface area (Å²) in [5.74, 6) is -2.12. The van der Waals surface area contributed by atoms with Crippen molar-refractivity contribution in [2.45, 2.75) is 50.2 Å². The molecule has 7 unspecified atom stereocenters. The van der Waals surface area contributed by atoms with E-state index in [1.165, 1.54) is 0 Å². The topological polar surface area (TPSA) is 101 Å². The van der Waals surface area contributed by atoms with E-state index in [0.717, 1.165) is 12.8 Å². The van der Waals surface area contributed by atoms with Crippen LogP contribution >= 0.6 is 0 Å². The van der Waals surface area contributed by atoms with Gasteiger partial charge in [0.15, 0.2) is 0 Å². The summed E-state index contributed by atoms with van der Waals surface area (Å²) < 4.78 is 0. The molecule has 1 aliphatic heterocycles. The zero-order valence-electron chi connectivity index (χ0n) is 9.73. The van der Waals surface area contributed by atoms with Gasteiger partial charge in [-0.2, -0.15) is 0 Å². The van der Waals surface area contributed by atoms with Crippen LogP contribution in [-0.2, 0) is 4.79 Å². The molecule has 1 heterocycles. The van der Waals surface area contributed by atoms with Crippen molar-refractivity contribution in [2.24, 2.45) is 5.92 Å².